The monoisotopic (exact) mass is 215 g/mol. The molecule has 1 aromatic carbocycles. The van der Waals surface area contributed by atoms with E-state index in [4.69, 9.17) is 0 Å². The van der Waals surface area contributed by atoms with Crippen LogP contribution in [0.1, 0.15) is 50.0 Å². The lowest BCUT2D eigenvalue weighted by Gasteiger charge is -2.14. The number of aliphatic imine (C=N–C) groups is 1. The molecule has 1 aromatic rings. The lowest BCUT2D eigenvalue weighted by molar-refractivity contribution is 0.565. The summed E-state index contributed by atoms with van der Waals surface area (Å²) in [6, 6.07) is 8.02. The number of hydrogen-bond donors (Lipinski definition) is 0. The first-order chi connectivity index (χ1) is 7.90. The Hall–Kier alpha value is -1.40. The molecule has 0 radical (unpaired) electrons. The number of benzene rings is 1. The Morgan fingerprint density at radius 1 is 1.00 bits per heavy atom. The van der Waals surface area contributed by atoms with Gasteiger partial charge in [0.05, 0.1) is 5.69 Å². The van der Waals surface area contributed by atoms with E-state index in [1.165, 1.54) is 44.1 Å². The molecule has 0 unspecified atom stereocenters. The average molecular weight is 215 g/mol. The molecule has 0 atom stereocenters. The van der Waals surface area contributed by atoms with Crippen molar-refractivity contribution in [2.45, 2.75) is 44.4 Å². The van der Waals surface area contributed by atoms with Gasteiger partial charge < -0.3 is 0 Å². The zero-order valence-corrected chi connectivity index (χ0v) is 9.48. The first kappa shape index (κ1) is 11.1. The maximum atomic E-state index is 10.1. The van der Waals surface area contributed by atoms with Gasteiger partial charge >= 0.3 is 0 Å². The summed E-state index contributed by atoms with van der Waals surface area (Å²) < 4.78 is 0. The Labute approximate surface area is 96.4 Å². The highest BCUT2D eigenvalue weighted by Gasteiger charge is 2.13. The van der Waals surface area contributed by atoms with E-state index in [0.29, 0.717) is 11.6 Å². The summed E-state index contributed by atoms with van der Waals surface area (Å²) in [5, 5.41) is 0. The minimum Gasteiger partial charge on any atom is -0.211 e. The van der Waals surface area contributed by atoms with Crippen LogP contribution >= 0.6 is 0 Å². The molecule has 16 heavy (non-hydrogen) atoms. The van der Waals surface area contributed by atoms with Crippen LogP contribution < -0.4 is 0 Å². The molecule has 2 heteroatoms. The van der Waals surface area contributed by atoms with Gasteiger partial charge in [0.1, 0.15) is 0 Å². The Morgan fingerprint density at radius 3 is 2.19 bits per heavy atom. The van der Waals surface area contributed by atoms with Crippen molar-refractivity contribution in [2.75, 3.05) is 0 Å². The Kier molecular flexibility index (Phi) is 3.90. The summed E-state index contributed by atoms with van der Waals surface area (Å²) in [4.78, 5) is 13.7. The zero-order valence-electron chi connectivity index (χ0n) is 9.48. The predicted octanol–water partition coefficient (Wildman–Crippen LogP) is 4.09. The van der Waals surface area contributed by atoms with Gasteiger partial charge in [0.15, 0.2) is 0 Å². The molecule has 0 amide bonds. The number of rotatable bonds is 2. The third-order valence-corrected chi connectivity index (χ3v) is 3.39. The fourth-order valence-electron chi connectivity index (χ4n) is 2.49. The normalized spacial score (nSPS) is 17.5. The van der Waals surface area contributed by atoms with Crippen molar-refractivity contribution in [3.63, 3.8) is 0 Å². The molecule has 0 N–H and O–H groups in total. The molecule has 2 nitrogen and oxygen atoms in total. The summed E-state index contributed by atoms with van der Waals surface area (Å²) in [6.45, 7) is 0. The van der Waals surface area contributed by atoms with Crippen molar-refractivity contribution in [1.82, 2.24) is 0 Å². The second-order valence-electron chi connectivity index (χ2n) is 4.48. The molecule has 2 rings (SSSR count). The van der Waals surface area contributed by atoms with E-state index in [2.05, 4.69) is 17.1 Å². The Bertz CT molecular complexity index is 368. The summed E-state index contributed by atoms with van der Waals surface area (Å²) in [7, 11) is 0. The molecular formula is C14H17NO. The first-order valence-corrected chi connectivity index (χ1v) is 6.08. The number of nitrogens with zero attached hydrogens (tertiary/aromatic N) is 1. The molecule has 1 saturated carbocycles. The molecule has 0 aliphatic heterocycles. The highest BCUT2D eigenvalue weighted by Crippen LogP contribution is 2.32. The van der Waals surface area contributed by atoms with Gasteiger partial charge in [-0.25, -0.2) is 4.79 Å². The lowest BCUT2D eigenvalue weighted by Crippen LogP contribution is -1.96. The summed E-state index contributed by atoms with van der Waals surface area (Å²) >= 11 is 0. The number of carbonyl (C=O) groups excluding carboxylic acids is 1. The first-order valence-electron chi connectivity index (χ1n) is 6.08. The number of isocyanates is 1. The second-order valence-corrected chi connectivity index (χ2v) is 4.48. The van der Waals surface area contributed by atoms with Crippen LogP contribution in [0.4, 0.5) is 5.69 Å². The largest absolute Gasteiger partial charge is 0.240 e. The average Bonchev–Trinajstić information content (AvgIpc) is 2.59. The van der Waals surface area contributed by atoms with Gasteiger partial charge in [-0.2, -0.15) is 4.99 Å². The van der Waals surface area contributed by atoms with Crippen molar-refractivity contribution in [2.24, 2.45) is 4.99 Å². The number of hydrogen-bond acceptors (Lipinski definition) is 2. The highest BCUT2D eigenvalue weighted by atomic mass is 16.1. The van der Waals surface area contributed by atoms with Crippen molar-refractivity contribution in [3.05, 3.63) is 29.8 Å². The molecular weight excluding hydrogens is 198 g/mol. The van der Waals surface area contributed by atoms with Crippen molar-refractivity contribution in [3.8, 4) is 0 Å². The van der Waals surface area contributed by atoms with E-state index in [-0.39, 0.29) is 0 Å². The van der Waals surface area contributed by atoms with Crippen LogP contribution in [-0.4, -0.2) is 6.08 Å². The molecule has 0 aromatic heterocycles. The van der Waals surface area contributed by atoms with Crippen LogP contribution in [0.5, 0.6) is 0 Å². The van der Waals surface area contributed by atoms with Crippen LogP contribution in [0.2, 0.25) is 0 Å². The van der Waals surface area contributed by atoms with E-state index >= 15 is 0 Å². The van der Waals surface area contributed by atoms with Gasteiger partial charge in [0.25, 0.3) is 0 Å². The minimum absolute atomic E-state index is 0.701. The summed E-state index contributed by atoms with van der Waals surface area (Å²) in [6.07, 6.45) is 9.62. The van der Waals surface area contributed by atoms with Crippen LogP contribution in [-0.2, 0) is 4.79 Å². The molecule has 0 saturated heterocycles. The van der Waals surface area contributed by atoms with Gasteiger partial charge in [-0.1, -0.05) is 37.8 Å². The molecule has 0 bridgehead atoms. The SMILES string of the molecule is O=C=Nc1ccc(C2CCCCCC2)cc1. The van der Waals surface area contributed by atoms with Crippen LogP contribution in [0.25, 0.3) is 0 Å². The molecule has 1 fully saturated rings. The zero-order chi connectivity index (χ0) is 11.2. The van der Waals surface area contributed by atoms with Crippen molar-refractivity contribution >= 4 is 11.8 Å². The van der Waals surface area contributed by atoms with E-state index in [9.17, 15) is 4.79 Å². The fourth-order valence-corrected chi connectivity index (χ4v) is 2.49. The lowest BCUT2D eigenvalue weighted by atomic mass is 9.92. The quantitative estimate of drug-likeness (QED) is 0.415. The third kappa shape index (κ3) is 2.80. The molecule has 84 valence electrons. The van der Waals surface area contributed by atoms with Gasteiger partial charge in [0, 0.05) is 0 Å². The second kappa shape index (κ2) is 5.62. The predicted molar refractivity (Wildman–Crippen MR) is 64.7 cm³/mol. The van der Waals surface area contributed by atoms with E-state index < -0.39 is 0 Å². The topological polar surface area (TPSA) is 29.4 Å². The van der Waals surface area contributed by atoms with E-state index in [1.54, 1.807) is 6.08 Å². The summed E-state index contributed by atoms with van der Waals surface area (Å²) in [5.74, 6) is 0.705. The maximum Gasteiger partial charge on any atom is 0.240 e. The van der Waals surface area contributed by atoms with Gasteiger partial charge in [-0.15, -0.1) is 0 Å². The Morgan fingerprint density at radius 2 is 1.62 bits per heavy atom. The van der Waals surface area contributed by atoms with E-state index in [1.807, 2.05) is 12.1 Å². The van der Waals surface area contributed by atoms with Crippen molar-refractivity contribution < 1.29 is 4.79 Å². The van der Waals surface area contributed by atoms with Crippen LogP contribution in [0.15, 0.2) is 29.3 Å². The minimum atomic E-state index is 0.701. The van der Waals surface area contributed by atoms with Crippen molar-refractivity contribution in [1.29, 1.82) is 0 Å². The third-order valence-electron chi connectivity index (χ3n) is 3.39. The van der Waals surface area contributed by atoms with Crippen LogP contribution in [0, 0.1) is 0 Å². The Balaban J connectivity index is 2.10. The molecule has 0 spiro atoms. The molecule has 0 heterocycles. The summed E-state index contributed by atoms with van der Waals surface area (Å²) in [5.41, 5.74) is 2.10. The van der Waals surface area contributed by atoms with Gasteiger partial charge in [0.2, 0.25) is 6.08 Å². The van der Waals surface area contributed by atoms with Crippen LogP contribution in [0.3, 0.4) is 0 Å². The molecule has 1 aliphatic rings. The maximum absolute atomic E-state index is 10.1. The van der Waals surface area contributed by atoms with Gasteiger partial charge in [-0.3, -0.25) is 0 Å². The molecule has 1 aliphatic carbocycles. The standard InChI is InChI=1S/C14H17NO/c16-11-15-14-9-7-13(8-10-14)12-5-3-1-2-4-6-12/h7-10,12H,1-6H2. The highest BCUT2D eigenvalue weighted by molar-refractivity contribution is 5.49. The fraction of sp³-hybridized carbons (Fsp3) is 0.500. The smallest absolute Gasteiger partial charge is 0.211 e. The van der Waals surface area contributed by atoms with Gasteiger partial charge in [-0.05, 0) is 36.5 Å². The van der Waals surface area contributed by atoms with E-state index in [0.717, 1.165) is 0 Å².